The van der Waals surface area contributed by atoms with E-state index in [2.05, 4.69) is 31.0 Å². The summed E-state index contributed by atoms with van der Waals surface area (Å²) in [5.41, 5.74) is 1.07. The summed E-state index contributed by atoms with van der Waals surface area (Å²) in [6.45, 7) is 10.6. The van der Waals surface area contributed by atoms with Gasteiger partial charge in [-0.1, -0.05) is 19.9 Å². The van der Waals surface area contributed by atoms with Gasteiger partial charge in [0.15, 0.2) is 0 Å². The van der Waals surface area contributed by atoms with Crippen molar-refractivity contribution < 1.29 is 9.47 Å². The summed E-state index contributed by atoms with van der Waals surface area (Å²) in [5.74, 6) is 1.73. The SMILES string of the molecule is CCN(CC)CC(C)NCc1c(OC)cccc1OC. The van der Waals surface area contributed by atoms with Gasteiger partial charge >= 0.3 is 0 Å². The predicted octanol–water partition coefficient (Wildman–Crippen LogP) is 2.52. The molecular formula is C16H28N2O2. The van der Waals surface area contributed by atoms with Crippen LogP contribution in [0.15, 0.2) is 18.2 Å². The smallest absolute Gasteiger partial charge is 0.127 e. The lowest BCUT2D eigenvalue weighted by Gasteiger charge is -2.24. The standard InChI is InChI=1S/C16H28N2O2/c1-6-18(7-2)12-13(3)17-11-14-15(19-4)9-8-10-16(14)20-5/h8-10,13,17H,6-7,11-12H2,1-5H3. The second kappa shape index (κ2) is 8.82. The molecule has 0 radical (unpaired) electrons. The van der Waals surface area contributed by atoms with E-state index in [4.69, 9.17) is 9.47 Å². The number of ether oxygens (including phenoxy) is 2. The maximum absolute atomic E-state index is 5.41. The van der Waals surface area contributed by atoms with Gasteiger partial charge in [0.1, 0.15) is 11.5 Å². The molecule has 0 bridgehead atoms. The maximum atomic E-state index is 5.41. The van der Waals surface area contributed by atoms with Crippen LogP contribution in [0, 0.1) is 0 Å². The normalized spacial score (nSPS) is 12.5. The number of methoxy groups -OCH3 is 2. The number of benzene rings is 1. The van der Waals surface area contributed by atoms with Crippen molar-refractivity contribution in [1.82, 2.24) is 10.2 Å². The molecule has 0 amide bonds. The lowest BCUT2D eigenvalue weighted by Crippen LogP contribution is -2.38. The van der Waals surface area contributed by atoms with Crippen molar-refractivity contribution in [3.8, 4) is 11.5 Å². The summed E-state index contributed by atoms with van der Waals surface area (Å²) in [6.07, 6.45) is 0. The summed E-state index contributed by atoms with van der Waals surface area (Å²) < 4.78 is 10.8. The van der Waals surface area contributed by atoms with Gasteiger partial charge in [0.25, 0.3) is 0 Å². The molecule has 0 aliphatic heterocycles. The molecule has 1 aromatic rings. The van der Waals surface area contributed by atoms with Gasteiger partial charge in [0, 0.05) is 24.7 Å². The third-order valence-corrected chi connectivity index (χ3v) is 3.58. The molecule has 0 aliphatic carbocycles. The van der Waals surface area contributed by atoms with E-state index < -0.39 is 0 Å². The molecular weight excluding hydrogens is 252 g/mol. The van der Waals surface area contributed by atoms with Crippen LogP contribution in [0.25, 0.3) is 0 Å². The fourth-order valence-corrected chi connectivity index (χ4v) is 2.31. The Hall–Kier alpha value is -1.26. The minimum atomic E-state index is 0.421. The van der Waals surface area contributed by atoms with Crippen molar-refractivity contribution in [3.05, 3.63) is 23.8 Å². The Labute approximate surface area is 123 Å². The van der Waals surface area contributed by atoms with Crippen LogP contribution in [0.2, 0.25) is 0 Å². The van der Waals surface area contributed by atoms with E-state index in [1.54, 1.807) is 14.2 Å². The Bertz CT molecular complexity index is 370. The van der Waals surface area contributed by atoms with E-state index in [1.165, 1.54) is 0 Å². The van der Waals surface area contributed by atoms with Crippen LogP contribution in [0.4, 0.5) is 0 Å². The Morgan fingerprint density at radius 1 is 1.10 bits per heavy atom. The molecule has 0 heterocycles. The van der Waals surface area contributed by atoms with Gasteiger partial charge in [-0.15, -0.1) is 0 Å². The minimum Gasteiger partial charge on any atom is -0.496 e. The lowest BCUT2D eigenvalue weighted by atomic mass is 10.1. The van der Waals surface area contributed by atoms with Crippen molar-refractivity contribution in [2.75, 3.05) is 33.9 Å². The number of likely N-dealkylation sites (N-methyl/N-ethyl adjacent to an activating group) is 1. The molecule has 0 saturated heterocycles. The van der Waals surface area contributed by atoms with E-state index in [1.807, 2.05) is 18.2 Å². The first-order chi connectivity index (χ1) is 9.65. The second-order valence-corrected chi connectivity index (χ2v) is 4.91. The summed E-state index contributed by atoms with van der Waals surface area (Å²) in [4.78, 5) is 2.41. The van der Waals surface area contributed by atoms with Gasteiger partial charge < -0.3 is 19.7 Å². The summed E-state index contributed by atoms with van der Waals surface area (Å²) >= 11 is 0. The van der Waals surface area contributed by atoms with Crippen molar-refractivity contribution in [2.45, 2.75) is 33.4 Å². The summed E-state index contributed by atoms with van der Waals surface area (Å²) in [6, 6.07) is 6.30. The largest absolute Gasteiger partial charge is 0.496 e. The van der Waals surface area contributed by atoms with Crippen molar-refractivity contribution >= 4 is 0 Å². The monoisotopic (exact) mass is 280 g/mol. The molecule has 1 N–H and O–H groups in total. The van der Waals surface area contributed by atoms with Crippen LogP contribution in [-0.4, -0.2) is 44.8 Å². The van der Waals surface area contributed by atoms with Crippen LogP contribution in [0.5, 0.6) is 11.5 Å². The number of hydrogen-bond donors (Lipinski definition) is 1. The van der Waals surface area contributed by atoms with Gasteiger partial charge in [0.2, 0.25) is 0 Å². The zero-order valence-electron chi connectivity index (χ0n) is 13.4. The highest BCUT2D eigenvalue weighted by Crippen LogP contribution is 2.27. The third-order valence-electron chi connectivity index (χ3n) is 3.58. The van der Waals surface area contributed by atoms with E-state index in [9.17, 15) is 0 Å². The quantitative estimate of drug-likeness (QED) is 0.753. The second-order valence-electron chi connectivity index (χ2n) is 4.91. The molecule has 0 saturated carbocycles. The fraction of sp³-hybridized carbons (Fsp3) is 0.625. The van der Waals surface area contributed by atoms with E-state index in [-0.39, 0.29) is 0 Å². The lowest BCUT2D eigenvalue weighted by molar-refractivity contribution is 0.269. The first-order valence-electron chi connectivity index (χ1n) is 7.31. The van der Waals surface area contributed by atoms with Gasteiger partial charge in [-0.05, 0) is 32.1 Å². The molecule has 1 unspecified atom stereocenters. The van der Waals surface area contributed by atoms with Gasteiger partial charge in [0.05, 0.1) is 14.2 Å². The van der Waals surface area contributed by atoms with E-state index in [0.717, 1.165) is 43.2 Å². The van der Waals surface area contributed by atoms with Gasteiger partial charge in [-0.2, -0.15) is 0 Å². The highest BCUT2D eigenvalue weighted by atomic mass is 16.5. The molecule has 0 aliphatic rings. The van der Waals surface area contributed by atoms with Gasteiger partial charge in [-0.3, -0.25) is 0 Å². The third kappa shape index (κ3) is 4.69. The van der Waals surface area contributed by atoms with Crippen molar-refractivity contribution in [3.63, 3.8) is 0 Å². The minimum absolute atomic E-state index is 0.421. The number of hydrogen-bond acceptors (Lipinski definition) is 4. The first kappa shape index (κ1) is 16.8. The topological polar surface area (TPSA) is 33.7 Å². The van der Waals surface area contributed by atoms with E-state index >= 15 is 0 Å². The molecule has 0 aromatic heterocycles. The molecule has 1 aromatic carbocycles. The molecule has 0 fully saturated rings. The van der Waals surface area contributed by atoms with Crippen LogP contribution < -0.4 is 14.8 Å². The average Bonchev–Trinajstić information content (AvgIpc) is 2.49. The predicted molar refractivity (Wildman–Crippen MR) is 83.6 cm³/mol. The number of rotatable bonds is 9. The molecule has 4 heteroatoms. The van der Waals surface area contributed by atoms with Crippen LogP contribution in [-0.2, 0) is 6.54 Å². The summed E-state index contributed by atoms with van der Waals surface area (Å²) in [7, 11) is 3.38. The zero-order chi connectivity index (χ0) is 15.0. The number of nitrogens with one attached hydrogen (secondary N) is 1. The highest BCUT2D eigenvalue weighted by Gasteiger charge is 2.12. The highest BCUT2D eigenvalue weighted by molar-refractivity contribution is 5.44. The molecule has 20 heavy (non-hydrogen) atoms. The molecule has 0 spiro atoms. The average molecular weight is 280 g/mol. The molecule has 1 rings (SSSR count). The number of nitrogens with zero attached hydrogens (tertiary/aromatic N) is 1. The van der Waals surface area contributed by atoms with Crippen molar-refractivity contribution in [2.24, 2.45) is 0 Å². The Kier molecular flexibility index (Phi) is 7.41. The Morgan fingerprint density at radius 2 is 1.65 bits per heavy atom. The van der Waals surface area contributed by atoms with Crippen molar-refractivity contribution in [1.29, 1.82) is 0 Å². The van der Waals surface area contributed by atoms with E-state index in [0.29, 0.717) is 6.04 Å². The Balaban J connectivity index is 2.64. The zero-order valence-corrected chi connectivity index (χ0v) is 13.4. The summed E-state index contributed by atoms with van der Waals surface area (Å²) in [5, 5.41) is 3.55. The fourth-order valence-electron chi connectivity index (χ4n) is 2.31. The van der Waals surface area contributed by atoms with Crippen LogP contribution >= 0.6 is 0 Å². The Morgan fingerprint density at radius 3 is 2.10 bits per heavy atom. The van der Waals surface area contributed by atoms with Crippen LogP contribution in [0.3, 0.4) is 0 Å². The first-order valence-corrected chi connectivity index (χ1v) is 7.31. The molecule has 114 valence electrons. The van der Waals surface area contributed by atoms with Gasteiger partial charge in [-0.25, -0.2) is 0 Å². The molecule has 4 nitrogen and oxygen atoms in total. The molecule has 1 atom stereocenters. The van der Waals surface area contributed by atoms with Crippen LogP contribution in [0.1, 0.15) is 26.3 Å². The maximum Gasteiger partial charge on any atom is 0.127 e.